The van der Waals surface area contributed by atoms with Crippen LogP contribution < -0.4 is 4.90 Å². The van der Waals surface area contributed by atoms with E-state index in [2.05, 4.69) is 10.1 Å². The van der Waals surface area contributed by atoms with Crippen LogP contribution >= 0.6 is 34.5 Å². The van der Waals surface area contributed by atoms with E-state index in [1.165, 1.54) is 4.90 Å². The number of nitrogens with zero attached hydrogens (tertiary/aromatic N) is 4. The molecule has 0 saturated carbocycles. The Balaban J connectivity index is 1.73. The maximum atomic E-state index is 12.8. The Morgan fingerprint density at radius 2 is 1.92 bits per heavy atom. The topological polar surface area (TPSA) is 50.5 Å². The molecule has 0 fully saturated rings. The van der Waals surface area contributed by atoms with Crippen molar-refractivity contribution in [2.45, 2.75) is 0 Å². The molecular weight excluding hydrogens is 391 g/mol. The van der Waals surface area contributed by atoms with Gasteiger partial charge in [-0.2, -0.15) is 5.10 Å². The second-order valence-electron chi connectivity index (χ2n) is 5.55. The molecule has 8 heteroatoms. The maximum Gasteiger partial charge on any atom is 0.287 e. The van der Waals surface area contributed by atoms with E-state index in [1.54, 1.807) is 29.9 Å². The minimum Gasteiger partial charge on any atom is -0.308 e. The number of aromatic nitrogens is 3. The molecule has 26 heavy (non-hydrogen) atoms. The van der Waals surface area contributed by atoms with Gasteiger partial charge in [-0.05, 0) is 24.3 Å². The lowest BCUT2D eigenvalue weighted by Gasteiger charge is -2.16. The van der Waals surface area contributed by atoms with E-state index >= 15 is 0 Å². The van der Waals surface area contributed by atoms with Gasteiger partial charge < -0.3 is 4.90 Å². The number of fused-ring (bicyclic) bond motifs is 1. The molecule has 0 bridgehead atoms. The molecular formula is C18H12Cl2N4OS. The summed E-state index contributed by atoms with van der Waals surface area (Å²) in [6.07, 6.45) is 3.54. The number of hydrogen-bond donors (Lipinski definition) is 0. The van der Waals surface area contributed by atoms with E-state index in [-0.39, 0.29) is 5.91 Å². The maximum absolute atomic E-state index is 12.8. The molecule has 0 spiro atoms. The van der Waals surface area contributed by atoms with Crippen molar-refractivity contribution < 1.29 is 4.79 Å². The number of thiazole rings is 1. The summed E-state index contributed by atoms with van der Waals surface area (Å²) in [5, 5.41) is 5.08. The summed E-state index contributed by atoms with van der Waals surface area (Å²) in [6, 6.07) is 12.9. The standard InChI is InChI=1S/C18H12Cl2N4OS/c1-23(14-8-3-2-6-12(14)19)18(25)17-22-15(16(20)26-17)11-10-21-24-9-5-4-7-13(11)24/h2-10H,1H3. The minimum atomic E-state index is -0.271. The Hall–Kier alpha value is -2.41. The van der Waals surface area contributed by atoms with E-state index in [0.717, 1.165) is 22.4 Å². The van der Waals surface area contributed by atoms with Gasteiger partial charge in [0.05, 0.1) is 22.4 Å². The van der Waals surface area contributed by atoms with Gasteiger partial charge >= 0.3 is 0 Å². The number of rotatable bonds is 3. The Bertz CT molecular complexity index is 1120. The van der Waals surface area contributed by atoms with Crippen molar-refractivity contribution in [3.8, 4) is 11.3 Å². The molecule has 5 nitrogen and oxygen atoms in total. The van der Waals surface area contributed by atoms with E-state index in [1.807, 2.05) is 36.5 Å². The summed E-state index contributed by atoms with van der Waals surface area (Å²) < 4.78 is 2.18. The van der Waals surface area contributed by atoms with Crippen LogP contribution in [0.3, 0.4) is 0 Å². The lowest BCUT2D eigenvalue weighted by atomic mass is 10.2. The van der Waals surface area contributed by atoms with Crippen LogP contribution in [0.4, 0.5) is 5.69 Å². The molecule has 3 aromatic heterocycles. The Labute approximate surface area is 163 Å². The molecule has 0 N–H and O–H groups in total. The Morgan fingerprint density at radius 1 is 1.15 bits per heavy atom. The quantitative estimate of drug-likeness (QED) is 0.482. The first-order valence-corrected chi connectivity index (χ1v) is 9.25. The highest BCUT2D eigenvalue weighted by molar-refractivity contribution is 7.18. The molecule has 1 aromatic carbocycles. The third kappa shape index (κ3) is 2.86. The van der Waals surface area contributed by atoms with Crippen LogP contribution in [0.1, 0.15) is 9.80 Å². The average molecular weight is 403 g/mol. The van der Waals surface area contributed by atoms with Crippen LogP contribution in [-0.4, -0.2) is 27.6 Å². The van der Waals surface area contributed by atoms with E-state index in [9.17, 15) is 4.79 Å². The average Bonchev–Trinajstić information content (AvgIpc) is 3.24. The smallest absolute Gasteiger partial charge is 0.287 e. The summed E-state index contributed by atoms with van der Waals surface area (Å²) in [7, 11) is 1.66. The van der Waals surface area contributed by atoms with E-state index in [0.29, 0.717) is 25.7 Å². The van der Waals surface area contributed by atoms with Gasteiger partial charge in [0, 0.05) is 18.8 Å². The summed E-state index contributed by atoms with van der Waals surface area (Å²) in [5.74, 6) is -0.271. The molecule has 4 aromatic rings. The number of carbonyl (C=O) groups is 1. The van der Waals surface area contributed by atoms with Gasteiger partial charge in [-0.1, -0.05) is 52.7 Å². The van der Waals surface area contributed by atoms with Crippen LogP contribution in [-0.2, 0) is 0 Å². The molecule has 4 rings (SSSR count). The zero-order valence-corrected chi connectivity index (χ0v) is 15.9. The van der Waals surface area contributed by atoms with Gasteiger partial charge in [-0.15, -0.1) is 0 Å². The van der Waals surface area contributed by atoms with Gasteiger partial charge in [0.25, 0.3) is 5.91 Å². The normalized spacial score (nSPS) is 11.0. The lowest BCUT2D eigenvalue weighted by molar-refractivity contribution is 0.0992. The molecule has 130 valence electrons. The number of anilines is 1. The SMILES string of the molecule is CN(C(=O)c1nc(-c2cnn3ccccc23)c(Cl)s1)c1ccccc1Cl. The number of pyridine rings is 1. The van der Waals surface area contributed by atoms with Crippen molar-refractivity contribution in [1.29, 1.82) is 0 Å². The molecule has 0 aliphatic carbocycles. The van der Waals surface area contributed by atoms with Crippen LogP contribution in [0.5, 0.6) is 0 Å². The third-order valence-corrected chi connectivity index (χ3v) is 5.53. The van der Waals surface area contributed by atoms with Crippen molar-refractivity contribution in [3.63, 3.8) is 0 Å². The Kier molecular flexibility index (Phi) is 4.40. The first kappa shape index (κ1) is 17.0. The fraction of sp³-hybridized carbons (Fsp3) is 0.0556. The first-order valence-electron chi connectivity index (χ1n) is 7.68. The van der Waals surface area contributed by atoms with Crippen LogP contribution in [0.25, 0.3) is 16.8 Å². The van der Waals surface area contributed by atoms with Crippen LogP contribution in [0.15, 0.2) is 54.9 Å². The zero-order valence-electron chi connectivity index (χ0n) is 13.6. The van der Waals surface area contributed by atoms with Gasteiger partial charge in [-0.25, -0.2) is 9.50 Å². The molecule has 0 atom stereocenters. The summed E-state index contributed by atoms with van der Waals surface area (Å²) in [4.78, 5) is 18.8. The molecule has 0 aliphatic heterocycles. The number of hydrogen-bond acceptors (Lipinski definition) is 4. The fourth-order valence-corrected chi connectivity index (χ4v) is 4.06. The highest BCUT2D eigenvalue weighted by Gasteiger charge is 2.23. The molecule has 1 amide bonds. The highest BCUT2D eigenvalue weighted by Crippen LogP contribution is 2.36. The predicted octanol–water partition coefficient (Wildman–Crippen LogP) is 5.04. The Morgan fingerprint density at radius 3 is 2.73 bits per heavy atom. The highest BCUT2D eigenvalue weighted by atomic mass is 35.5. The summed E-state index contributed by atoms with van der Waals surface area (Å²) in [6.45, 7) is 0. The second-order valence-corrected chi connectivity index (χ2v) is 7.55. The monoisotopic (exact) mass is 402 g/mol. The van der Waals surface area contributed by atoms with Crippen molar-refractivity contribution in [3.05, 3.63) is 69.2 Å². The van der Waals surface area contributed by atoms with Gasteiger partial charge in [0.15, 0.2) is 5.01 Å². The van der Waals surface area contributed by atoms with Gasteiger partial charge in [0.1, 0.15) is 10.0 Å². The number of benzene rings is 1. The number of amides is 1. The minimum absolute atomic E-state index is 0.271. The molecule has 3 heterocycles. The summed E-state index contributed by atoms with van der Waals surface area (Å²) in [5.41, 5.74) is 2.82. The number of carbonyl (C=O) groups excluding carboxylic acids is 1. The fourth-order valence-electron chi connectivity index (χ4n) is 2.65. The number of para-hydroxylation sites is 1. The van der Waals surface area contributed by atoms with Crippen molar-refractivity contribution in [2.24, 2.45) is 0 Å². The lowest BCUT2D eigenvalue weighted by Crippen LogP contribution is -2.26. The molecule has 0 aliphatic rings. The second kappa shape index (κ2) is 6.72. The predicted molar refractivity (Wildman–Crippen MR) is 105 cm³/mol. The van der Waals surface area contributed by atoms with Crippen LogP contribution in [0.2, 0.25) is 9.36 Å². The van der Waals surface area contributed by atoms with Crippen molar-refractivity contribution in [1.82, 2.24) is 14.6 Å². The molecule has 0 radical (unpaired) electrons. The third-order valence-electron chi connectivity index (χ3n) is 3.97. The van der Waals surface area contributed by atoms with Crippen molar-refractivity contribution in [2.75, 3.05) is 11.9 Å². The van der Waals surface area contributed by atoms with Gasteiger partial charge in [-0.3, -0.25) is 4.79 Å². The molecule has 0 unspecified atom stereocenters. The van der Waals surface area contributed by atoms with E-state index in [4.69, 9.17) is 23.2 Å². The van der Waals surface area contributed by atoms with Crippen molar-refractivity contribution >= 4 is 51.6 Å². The largest absolute Gasteiger partial charge is 0.308 e. The summed E-state index contributed by atoms with van der Waals surface area (Å²) >= 11 is 13.7. The zero-order chi connectivity index (χ0) is 18.3. The van der Waals surface area contributed by atoms with Crippen LogP contribution in [0, 0.1) is 0 Å². The van der Waals surface area contributed by atoms with Gasteiger partial charge in [0.2, 0.25) is 0 Å². The first-order chi connectivity index (χ1) is 12.6. The molecule has 0 saturated heterocycles. The number of halogens is 2. The van der Waals surface area contributed by atoms with E-state index < -0.39 is 0 Å².